The van der Waals surface area contributed by atoms with Crippen LogP contribution >= 0.6 is 11.8 Å². The highest BCUT2D eigenvalue weighted by Crippen LogP contribution is 2.49. The Morgan fingerprint density at radius 2 is 1.82 bits per heavy atom. The van der Waals surface area contributed by atoms with Crippen molar-refractivity contribution >= 4 is 29.4 Å². The predicted octanol–water partition coefficient (Wildman–Crippen LogP) is 4.61. The van der Waals surface area contributed by atoms with Crippen LogP contribution in [-0.4, -0.2) is 65.1 Å². The summed E-state index contributed by atoms with van der Waals surface area (Å²) >= 11 is 1.26. The van der Waals surface area contributed by atoms with Crippen LogP contribution in [-0.2, 0) is 19.9 Å². The van der Waals surface area contributed by atoms with Gasteiger partial charge in [0.2, 0.25) is 11.8 Å². The predicted molar refractivity (Wildman–Crippen MR) is 143 cm³/mol. The number of hydrogen-bond donors (Lipinski definition) is 0. The highest BCUT2D eigenvalue weighted by molar-refractivity contribution is 8.00. The van der Waals surface area contributed by atoms with Gasteiger partial charge in [-0.25, -0.2) is 13.5 Å². The molecule has 10 heteroatoms. The standard InChI is InChI=1S/C28H30F2N4O3S/c1-28(2,3)34-27-24(25(31-34)18-7-5-4-6-8-18)26(20-10-9-19(29)15-21(20)30)38-17-23(36)33(27)16-22(35)32-11-13-37-14-12-32/h4-10,15,26H,11-14,16-17H2,1-3H3/t26-/m0/s1. The molecule has 38 heavy (non-hydrogen) atoms. The summed E-state index contributed by atoms with van der Waals surface area (Å²) < 4.78 is 36.2. The first-order valence-corrected chi connectivity index (χ1v) is 13.6. The van der Waals surface area contributed by atoms with E-state index in [-0.39, 0.29) is 29.7 Å². The number of anilines is 1. The van der Waals surface area contributed by atoms with E-state index in [2.05, 4.69) is 0 Å². The molecular weight excluding hydrogens is 510 g/mol. The Morgan fingerprint density at radius 1 is 1.11 bits per heavy atom. The van der Waals surface area contributed by atoms with Crippen LogP contribution in [0.25, 0.3) is 11.3 Å². The van der Waals surface area contributed by atoms with Crippen molar-refractivity contribution in [3.63, 3.8) is 0 Å². The molecule has 2 aromatic carbocycles. The summed E-state index contributed by atoms with van der Waals surface area (Å²) in [7, 11) is 0. The molecule has 3 aromatic rings. The number of ether oxygens (including phenoxy) is 1. The number of halogens is 2. The molecule has 1 atom stereocenters. The van der Waals surface area contributed by atoms with Crippen molar-refractivity contribution in [2.24, 2.45) is 0 Å². The minimum Gasteiger partial charge on any atom is -0.378 e. The minimum absolute atomic E-state index is 0.0188. The minimum atomic E-state index is -0.693. The molecule has 3 heterocycles. The molecule has 0 radical (unpaired) electrons. The Kier molecular flexibility index (Phi) is 7.28. The molecule has 2 amide bonds. The van der Waals surface area contributed by atoms with Gasteiger partial charge in [0.15, 0.2) is 0 Å². The van der Waals surface area contributed by atoms with Gasteiger partial charge in [0.05, 0.1) is 35.4 Å². The van der Waals surface area contributed by atoms with Crippen molar-refractivity contribution in [3.05, 3.63) is 71.3 Å². The highest BCUT2D eigenvalue weighted by Gasteiger charge is 2.40. The lowest BCUT2D eigenvalue weighted by Gasteiger charge is -2.32. The zero-order chi connectivity index (χ0) is 27.0. The fourth-order valence-corrected chi connectivity index (χ4v) is 6.02. The lowest BCUT2D eigenvalue weighted by atomic mass is 9.98. The Hall–Kier alpha value is -3.24. The molecule has 0 N–H and O–H groups in total. The third-order valence-corrected chi connectivity index (χ3v) is 7.91. The molecule has 0 unspecified atom stereocenters. The maximum absolute atomic E-state index is 15.2. The van der Waals surface area contributed by atoms with Crippen molar-refractivity contribution in [2.75, 3.05) is 43.5 Å². The molecule has 2 aliphatic heterocycles. The average molecular weight is 541 g/mol. The molecule has 2 aliphatic rings. The van der Waals surface area contributed by atoms with E-state index in [9.17, 15) is 14.0 Å². The van der Waals surface area contributed by atoms with Crippen LogP contribution in [0.4, 0.5) is 14.6 Å². The lowest BCUT2D eigenvalue weighted by molar-refractivity contribution is -0.134. The van der Waals surface area contributed by atoms with Gasteiger partial charge in [-0.2, -0.15) is 5.10 Å². The number of rotatable bonds is 4. The summed E-state index contributed by atoms with van der Waals surface area (Å²) in [6.07, 6.45) is 0. The number of carbonyl (C=O) groups excluding carboxylic acids is 2. The number of aromatic nitrogens is 2. The van der Waals surface area contributed by atoms with E-state index in [0.29, 0.717) is 43.4 Å². The number of fused-ring (bicyclic) bond motifs is 1. The second kappa shape index (κ2) is 10.5. The van der Waals surface area contributed by atoms with Crippen LogP contribution in [0, 0.1) is 11.6 Å². The van der Waals surface area contributed by atoms with E-state index in [1.54, 1.807) is 9.58 Å². The molecule has 0 aliphatic carbocycles. The maximum Gasteiger partial charge on any atom is 0.242 e. The summed E-state index contributed by atoms with van der Waals surface area (Å²) in [5, 5.41) is 4.32. The number of morpholine rings is 1. The Balaban J connectivity index is 1.73. The topological polar surface area (TPSA) is 67.7 Å². The number of hydrogen-bond acceptors (Lipinski definition) is 5. The molecule has 7 nitrogen and oxygen atoms in total. The van der Waals surface area contributed by atoms with Crippen molar-refractivity contribution in [2.45, 2.75) is 31.6 Å². The van der Waals surface area contributed by atoms with E-state index in [0.717, 1.165) is 11.6 Å². The molecule has 200 valence electrons. The number of nitrogens with zero attached hydrogens (tertiary/aromatic N) is 4. The fraction of sp³-hybridized carbons (Fsp3) is 0.393. The Morgan fingerprint density at radius 3 is 2.47 bits per heavy atom. The van der Waals surface area contributed by atoms with Crippen molar-refractivity contribution in [3.8, 4) is 11.3 Å². The van der Waals surface area contributed by atoms with Gasteiger partial charge in [-0.15, -0.1) is 11.8 Å². The zero-order valence-corrected chi connectivity index (χ0v) is 22.4. The smallest absolute Gasteiger partial charge is 0.242 e. The Bertz CT molecular complexity index is 1350. The number of carbonyl (C=O) groups is 2. The second-order valence-electron chi connectivity index (χ2n) is 10.4. The van der Waals surface area contributed by atoms with Crippen molar-refractivity contribution in [1.82, 2.24) is 14.7 Å². The number of thioether (sulfide) groups is 1. The van der Waals surface area contributed by atoms with E-state index >= 15 is 4.39 Å². The summed E-state index contributed by atoms with van der Waals surface area (Å²) in [6.45, 7) is 7.54. The van der Waals surface area contributed by atoms with Crippen LogP contribution in [0.3, 0.4) is 0 Å². The summed E-state index contributed by atoms with van der Waals surface area (Å²) in [4.78, 5) is 30.2. The molecule has 0 spiro atoms. The molecular formula is C28H30F2N4O3S. The van der Waals surface area contributed by atoms with E-state index in [1.807, 2.05) is 51.1 Å². The molecule has 1 aromatic heterocycles. The van der Waals surface area contributed by atoms with Gasteiger partial charge in [-0.05, 0) is 26.8 Å². The first kappa shape index (κ1) is 26.4. The van der Waals surface area contributed by atoms with Gasteiger partial charge in [-0.3, -0.25) is 14.5 Å². The van der Waals surface area contributed by atoms with E-state index in [1.165, 1.54) is 28.8 Å². The maximum atomic E-state index is 15.2. The monoisotopic (exact) mass is 540 g/mol. The van der Waals surface area contributed by atoms with Crippen LogP contribution in [0.15, 0.2) is 48.5 Å². The first-order chi connectivity index (χ1) is 18.1. The van der Waals surface area contributed by atoms with E-state index < -0.39 is 22.4 Å². The summed E-state index contributed by atoms with van der Waals surface area (Å²) in [6, 6.07) is 13.0. The molecule has 0 bridgehead atoms. The highest BCUT2D eigenvalue weighted by atomic mass is 32.2. The van der Waals surface area contributed by atoms with Gasteiger partial charge < -0.3 is 9.64 Å². The molecule has 1 saturated heterocycles. The van der Waals surface area contributed by atoms with Gasteiger partial charge in [0.25, 0.3) is 0 Å². The largest absolute Gasteiger partial charge is 0.378 e. The molecule has 1 fully saturated rings. The SMILES string of the molecule is CC(C)(C)n1nc(-c2ccccc2)c2c1N(CC(=O)N1CCOCC1)C(=O)CS[C@H]2c1ccc(F)cc1F. The van der Waals surface area contributed by atoms with Gasteiger partial charge >= 0.3 is 0 Å². The third-order valence-electron chi connectivity index (χ3n) is 6.67. The average Bonchev–Trinajstić information content (AvgIpc) is 3.24. The second-order valence-corrected chi connectivity index (χ2v) is 11.5. The third kappa shape index (κ3) is 5.07. The molecule has 0 saturated carbocycles. The van der Waals surface area contributed by atoms with Crippen LogP contribution in [0.5, 0.6) is 0 Å². The summed E-state index contributed by atoms with van der Waals surface area (Å²) in [5.74, 6) is -1.35. The van der Waals surface area contributed by atoms with Gasteiger partial charge in [0, 0.05) is 35.8 Å². The zero-order valence-electron chi connectivity index (χ0n) is 21.6. The van der Waals surface area contributed by atoms with Crippen molar-refractivity contribution in [1.29, 1.82) is 0 Å². The summed E-state index contributed by atoms with van der Waals surface area (Å²) in [5.41, 5.74) is 1.71. The quantitative estimate of drug-likeness (QED) is 0.484. The Labute approximate surface area is 224 Å². The van der Waals surface area contributed by atoms with Crippen LogP contribution in [0.1, 0.15) is 37.1 Å². The molecule has 5 rings (SSSR count). The van der Waals surface area contributed by atoms with Gasteiger partial charge in [-0.1, -0.05) is 36.4 Å². The van der Waals surface area contributed by atoms with E-state index in [4.69, 9.17) is 9.84 Å². The fourth-order valence-electron chi connectivity index (χ4n) is 4.80. The van der Waals surface area contributed by atoms with Crippen LogP contribution < -0.4 is 4.90 Å². The first-order valence-electron chi connectivity index (χ1n) is 12.6. The number of amides is 2. The van der Waals surface area contributed by atoms with Gasteiger partial charge in [0.1, 0.15) is 24.0 Å². The van der Waals surface area contributed by atoms with Crippen molar-refractivity contribution < 1.29 is 23.1 Å². The van der Waals surface area contributed by atoms with Crippen LogP contribution in [0.2, 0.25) is 0 Å². The normalized spacial score (nSPS) is 18.3. The lowest BCUT2D eigenvalue weighted by Crippen LogP contribution is -2.48. The number of benzene rings is 2.